The highest BCUT2D eigenvalue weighted by molar-refractivity contribution is 5.78. The molecular formula is C13H27N3O. The Kier molecular flexibility index (Phi) is 5.40. The summed E-state index contributed by atoms with van der Waals surface area (Å²) in [5.41, 5.74) is 0.0729. The zero-order valence-corrected chi connectivity index (χ0v) is 11.7. The van der Waals surface area contributed by atoms with E-state index in [2.05, 4.69) is 43.2 Å². The van der Waals surface area contributed by atoms with Crippen LogP contribution in [-0.4, -0.2) is 48.6 Å². The van der Waals surface area contributed by atoms with Gasteiger partial charge in [0.25, 0.3) is 0 Å². The van der Waals surface area contributed by atoms with Gasteiger partial charge in [-0.2, -0.15) is 0 Å². The van der Waals surface area contributed by atoms with Crippen molar-refractivity contribution >= 4 is 5.91 Å². The van der Waals surface area contributed by atoms with E-state index in [1.807, 2.05) is 0 Å². The molecule has 100 valence electrons. The van der Waals surface area contributed by atoms with Crippen molar-refractivity contribution in [2.24, 2.45) is 0 Å². The van der Waals surface area contributed by atoms with Crippen molar-refractivity contribution in [3.8, 4) is 0 Å². The molecule has 1 heterocycles. The molecule has 4 nitrogen and oxygen atoms in total. The van der Waals surface area contributed by atoms with Gasteiger partial charge in [-0.3, -0.25) is 9.69 Å². The molecule has 0 atom stereocenters. The van der Waals surface area contributed by atoms with Crippen molar-refractivity contribution in [2.75, 3.05) is 26.2 Å². The van der Waals surface area contributed by atoms with E-state index in [4.69, 9.17) is 0 Å². The number of carbonyl (C=O) groups is 1. The first-order valence-electron chi connectivity index (χ1n) is 6.74. The van der Waals surface area contributed by atoms with Gasteiger partial charge in [-0.15, -0.1) is 0 Å². The third-order valence-electron chi connectivity index (χ3n) is 3.66. The first-order chi connectivity index (χ1) is 7.99. The number of amides is 1. The highest BCUT2D eigenvalue weighted by atomic mass is 16.2. The molecule has 0 aromatic rings. The van der Waals surface area contributed by atoms with Crippen LogP contribution >= 0.6 is 0 Å². The van der Waals surface area contributed by atoms with Gasteiger partial charge in [0, 0.05) is 31.2 Å². The van der Waals surface area contributed by atoms with Gasteiger partial charge in [0.1, 0.15) is 0 Å². The lowest BCUT2D eigenvalue weighted by Gasteiger charge is -2.42. The lowest BCUT2D eigenvalue weighted by Crippen LogP contribution is -2.60. The first kappa shape index (κ1) is 14.5. The summed E-state index contributed by atoms with van der Waals surface area (Å²) in [6.45, 7) is 12.0. The largest absolute Gasteiger partial charge is 0.352 e. The van der Waals surface area contributed by atoms with Gasteiger partial charge in [0.15, 0.2) is 0 Å². The van der Waals surface area contributed by atoms with Crippen LogP contribution in [0.5, 0.6) is 0 Å². The molecule has 1 amide bonds. The lowest BCUT2D eigenvalue weighted by molar-refractivity contribution is -0.124. The molecular weight excluding hydrogens is 214 g/mol. The standard InChI is InChI=1S/C13H27N3O/c1-5-11(6-2)15-12(17)9-16-8-7-14-10-13(16,3)4/h11,14H,5-10H2,1-4H3,(H,15,17). The summed E-state index contributed by atoms with van der Waals surface area (Å²) in [6, 6.07) is 0.327. The Bertz CT molecular complexity index is 249. The number of piperazine rings is 1. The zero-order valence-electron chi connectivity index (χ0n) is 11.7. The van der Waals surface area contributed by atoms with Crippen molar-refractivity contribution in [3.63, 3.8) is 0 Å². The predicted molar refractivity (Wildman–Crippen MR) is 71.0 cm³/mol. The van der Waals surface area contributed by atoms with E-state index in [0.29, 0.717) is 12.6 Å². The Balaban J connectivity index is 2.44. The van der Waals surface area contributed by atoms with Gasteiger partial charge in [0.2, 0.25) is 5.91 Å². The maximum absolute atomic E-state index is 12.0. The molecule has 1 aliphatic rings. The predicted octanol–water partition coefficient (Wildman–Crippen LogP) is 0.975. The summed E-state index contributed by atoms with van der Waals surface area (Å²) in [5.74, 6) is 0.161. The van der Waals surface area contributed by atoms with Gasteiger partial charge < -0.3 is 10.6 Å². The number of rotatable bonds is 5. The van der Waals surface area contributed by atoms with E-state index >= 15 is 0 Å². The fraction of sp³-hybridized carbons (Fsp3) is 0.923. The molecule has 4 heteroatoms. The summed E-state index contributed by atoms with van der Waals surface area (Å²) in [7, 11) is 0. The molecule has 0 bridgehead atoms. The molecule has 1 rings (SSSR count). The summed E-state index contributed by atoms with van der Waals surface area (Å²) in [6.07, 6.45) is 2.01. The number of hydrogen-bond acceptors (Lipinski definition) is 3. The Morgan fingerprint density at radius 1 is 1.41 bits per heavy atom. The minimum atomic E-state index is 0.0729. The van der Waals surface area contributed by atoms with Crippen molar-refractivity contribution in [1.29, 1.82) is 0 Å². The Labute approximate surface area is 105 Å². The van der Waals surface area contributed by atoms with Gasteiger partial charge in [-0.05, 0) is 26.7 Å². The molecule has 1 saturated heterocycles. The molecule has 0 saturated carbocycles. The van der Waals surface area contributed by atoms with Crippen LogP contribution in [0, 0.1) is 0 Å². The number of carbonyl (C=O) groups excluding carboxylic acids is 1. The first-order valence-corrected chi connectivity index (χ1v) is 6.74. The Morgan fingerprint density at radius 2 is 2.06 bits per heavy atom. The third-order valence-corrected chi connectivity index (χ3v) is 3.66. The van der Waals surface area contributed by atoms with Crippen LogP contribution in [-0.2, 0) is 4.79 Å². The molecule has 1 aliphatic heterocycles. The minimum absolute atomic E-state index is 0.0729. The Hall–Kier alpha value is -0.610. The van der Waals surface area contributed by atoms with Crippen molar-refractivity contribution in [3.05, 3.63) is 0 Å². The average molecular weight is 241 g/mol. The maximum Gasteiger partial charge on any atom is 0.234 e. The molecule has 1 fully saturated rings. The van der Waals surface area contributed by atoms with E-state index in [1.54, 1.807) is 0 Å². The van der Waals surface area contributed by atoms with Crippen molar-refractivity contribution in [1.82, 2.24) is 15.5 Å². The smallest absolute Gasteiger partial charge is 0.234 e. The highest BCUT2D eigenvalue weighted by Crippen LogP contribution is 2.15. The van der Waals surface area contributed by atoms with Gasteiger partial charge >= 0.3 is 0 Å². The van der Waals surface area contributed by atoms with Crippen LogP contribution < -0.4 is 10.6 Å². The quantitative estimate of drug-likeness (QED) is 0.754. The second-order valence-electron chi connectivity index (χ2n) is 5.49. The monoisotopic (exact) mass is 241 g/mol. The summed E-state index contributed by atoms with van der Waals surface area (Å²) >= 11 is 0. The zero-order chi connectivity index (χ0) is 12.9. The molecule has 0 unspecified atom stereocenters. The molecule has 0 aromatic carbocycles. The fourth-order valence-electron chi connectivity index (χ4n) is 2.26. The molecule has 2 N–H and O–H groups in total. The summed E-state index contributed by atoms with van der Waals surface area (Å²) in [4.78, 5) is 14.2. The van der Waals surface area contributed by atoms with Crippen LogP contribution in [0.25, 0.3) is 0 Å². The van der Waals surface area contributed by atoms with E-state index in [0.717, 1.165) is 32.5 Å². The molecule has 0 aliphatic carbocycles. The van der Waals surface area contributed by atoms with Gasteiger partial charge in [-0.25, -0.2) is 0 Å². The fourth-order valence-corrected chi connectivity index (χ4v) is 2.26. The van der Waals surface area contributed by atoms with Crippen LogP contribution in [0.3, 0.4) is 0 Å². The number of nitrogens with zero attached hydrogens (tertiary/aromatic N) is 1. The van der Waals surface area contributed by atoms with E-state index in [-0.39, 0.29) is 11.4 Å². The van der Waals surface area contributed by atoms with E-state index in [1.165, 1.54) is 0 Å². The normalized spacial score (nSPS) is 20.5. The van der Waals surface area contributed by atoms with Gasteiger partial charge in [-0.1, -0.05) is 13.8 Å². The summed E-state index contributed by atoms with van der Waals surface area (Å²) < 4.78 is 0. The van der Waals surface area contributed by atoms with Crippen LogP contribution in [0.2, 0.25) is 0 Å². The Morgan fingerprint density at radius 3 is 2.59 bits per heavy atom. The summed E-state index contributed by atoms with van der Waals surface area (Å²) in [5, 5.41) is 6.47. The third kappa shape index (κ3) is 4.28. The molecule has 0 radical (unpaired) electrons. The van der Waals surface area contributed by atoms with Gasteiger partial charge in [0.05, 0.1) is 6.54 Å². The number of hydrogen-bond donors (Lipinski definition) is 2. The second kappa shape index (κ2) is 6.36. The topological polar surface area (TPSA) is 44.4 Å². The molecule has 0 aromatic heterocycles. The number of nitrogens with one attached hydrogen (secondary N) is 2. The highest BCUT2D eigenvalue weighted by Gasteiger charge is 2.30. The van der Waals surface area contributed by atoms with Crippen LogP contribution in [0.1, 0.15) is 40.5 Å². The average Bonchev–Trinajstić information content (AvgIpc) is 2.28. The van der Waals surface area contributed by atoms with E-state index in [9.17, 15) is 4.79 Å². The maximum atomic E-state index is 12.0. The van der Waals surface area contributed by atoms with Crippen molar-refractivity contribution in [2.45, 2.75) is 52.1 Å². The van der Waals surface area contributed by atoms with Crippen molar-refractivity contribution < 1.29 is 4.79 Å². The SMILES string of the molecule is CCC(CC)NC(=O)CN1CCNCC1(C)C. The minimum Gasteiger partial charge on any atom is -0.352 e. The lowest BCUT2D eigenvalue weighted by atomic mass is 10.0. The van der Waals surface area contributed by atoms with Crippen LogP contribution in [0.15, 0.2) is 0 Å². The molecule has 17 heavy (non-hydrogen) atoms. The van der Waals surface area contributed by atoms with Crippen LogP contribution in [0.4, 0.5) is 0 Å². The molecule has 0 spiro atoms. The van der Waals surface area contributed by atoms with E-state index < -0.39 is 0 Å². The second-order valence-corrected chi connectivity index (χ2v) is 5.49.